The van der Waals surface area contributed by atoms with E-state index in [4.69, 9.17) is 27.9 Å². The average molecular weight is 297 g/mol. The summed E-state index contributed by atoms with van der Waals surface area (Å²) in [5.41, 5.74) is 2.05. The zero-order valence-electron chi connectivity index (χ0n) is 10.7. The quantitative estimate of drug-likeness (QED) is 0.918. The highest BCUT2D eigenvalue weighted by Crippen LogP contribution is 2.34. The minimum atomic E-state index is 0.393. The van der Waals surface area contributed by atoms with Crippen LogP contribution >= 0.6 is 23.2 Å². The molecular formula is C14H14Cl2N2O. The van der Waals surface area contributed by atoms with E-state index >= 15 is 0 Å². The molecule has 0 saturated carbocycles. The molecular weight excluding hydrogens is 283 g/mol. The van der Waals surface area contributed by atoms with Crippen molar-refractivity contribution in [3.63, 3.8) is 0 Å². The number of ether oxygens (including phenoxy) is 1. The molecule has 1 aromatic carbocycles. The van der Waals surface area contributed by atoms with Gasteiger partial charge in [0.15, 0.2) is 0 Å². The van der Waals surface area contributed by atoms with E-state index in [1.807, 2.05) is 20.0 Å². The monoisotopic (exact) mass is 296 g/mol. The third-order valence-corrected chi connectivity index (χ3v) is 3.39. The molecule has 0 fully saturated rings. The van der Waals surface area contributed by atoms with Crippen molar-refractivity contribution in [1.82, 2.24) is 10.3 Å². The predicted molar refractivity (Wildman–Crippen MR) is 78.3 cm³/mol. The Morgan fingerprint density at radius 1 is 1.32 bits per heavy atom. The molecule has 0 atom stereocenters. The van der Waals surface area contributed by atoms with Crippen molar-refractivity contribution >= 4 is 23.2 Å². The standard InChI is InChI=1S/C14H14Cl2N2O/c1-9-6-10(7-17-2)8-18-14(9)19-12-5-3-4-11(15)13(12)16/h3-6,8,17H,7H2,1-2H3. The Bertz CT molecular complexity index is 588. The van der Waals surface area contributed by atoms with Gasteiger partial charge in [0, 0.05) is 18.3 Å². The van der Waals surface area contributed by atoms with Gasteiger partial charge in [-0.25, -0.2) is 4.98 Å². The maximum atomic E-state index is 6.08. The third kappa shape index (κ3) is 3.38. The van der Waals surface area contributed by atoms with Crippen LogP contribution in [0.3, 0.4) is 0 Å². The summed E-state index contributed by atoms with van der Waals surface area (Å²) in [6.07, 6.45) is 1.78. The molecule has 0 saturated heterocycles. The second kappa shape index (κ2) is 6.24. The van der Waals surface area contributed by atoms with Crippen LogP contribution < -0.4 is 10.1 Å². The zero-order valence-corrected chi connectivity index (χ0v) is 12.2. The highest BCUT2D eigenvalue weighted by molar-refractivity contribution is 6.42. The third-order valence-electron chi connectivity index (χ3n) is 2.59. The molecule has 0 aliphatic rings. The molecule has 3 nitrogen and oxygen atoms in total. The molecule has 0 unspecified atom stereocenters. The fraction of sp³-hybridized carbons (Fsp3) is 0.214. The highest BCUT2D eigenvalue weighted by Gasteiger charge is 2.09. The maximum Gasteiger partial charge on any atom is 0.222 e. The summed E-state index contributed by atoms with van der Waals surface area (Å²) in [6.45, 7) is 2.71. The van der Waals surface area contributed by atoms with Crippen molar-refractivity contribution in [1.29, 1.82) is 0 Å². The molecule has 5 heteroatoms. The Kier molecular flexibility index (Phi) is 4.64. The van der Waals surface area contributed by atoms with Crippen molar-refractivity contribution in [3.8, 4) is 11.6 Å². The number of benzene rings is 1. The number of aryl methyl sites for hydroxylation is 1. The van der Waals surface area contributed by atoms with Gasteiger partial charge >= 0.3 is 0 Å². The van der Waals surface area contributed by atoms with Crippen LogP contribution in [0.2, 0.25) is 10.0 Å². The number of pyridine rings is 1. The summed E-state index contributed by atoms with van der Waals surface area (Å²) in [5, 5.41) is 3.93. The number of nitrogens with one attached hydrogen (secondary N) is 1. The van der Waals surface area contributed by atoms with Crippen LogP contribution in [0.25, 0.3) is 0 Å². The fourth-order valence-electron chi connectivity index (χ4n) is 1.70. The van der Waals surface area contributed by atoms with E-state index in [0.717, 1.165) is 17.7 Å². The highest BCUT2D eigenvalue weighted by atomic mass is 35.5. The van der Waals surface area contributed by atoms with Crippen LogP contribution in [0.1, 0.15) is 11.1 Å². The smallest absolute Gasteiger partial charge is 0.222 e. The molecule has 19 heavy (non-hydrogen) atoms. The molecule has 1 aromatic heterocycles. The summed E-state index contributed by atoms with van der Waals surface area (Å²) >= 11 is 12.0. The number of hydrogen-bond acceptors (Lipinski definition) is 3. The van der Waals surface area contributed by atoms with Gasteiger partial charge in [-0.05, 0) is 37.7 Å². The second-order valence-electron chi connectivity index (χ2n) is 4.15. The molecule has 0 radical (unpaired) electrons. The van der Waals surface area contributed by atoms with Crippen molar-refractivity contribution in [3.05, 3.63) is 51.6 Å². The van der Waals surface area contributed by atoms with Gasteiger partial charge in [-0.2, -0.15) is 0 Å². The van der Waals surface area contributed by atoms with Gasteiger partial charge < -0.3 is 10.1 Å². The second-order valence-corrected chi connectivity index (χ2v) is 4.94. The Morgan fingerprint density at radius 2 is 2.11 bits per heavy atom. The summed E-state index contributed by atoms with van der Waals surface area (Å²) in [6, 6.07) is 7.29. The molecule has 0 amide bonds. The molecule has 100 valence electrons. The first kappa shape index (κ1) is 14.1. The van der Waals surface area contributed by atoms with E-state index in [1.165, 1.54) is 0 Å². The number of rotatable bonds is 4. The molecule has 2 aromatic rings. The normalized spacial score (nSPS) is 10.5. The van der Waals surface area contributed by atoms with Crippen LogP contribution in [0.5, 0.6) is 11.6 Å². The van der Waals surface area contributed by atoms with Crippen molar-refractivity contribution < 1.29 is 4.74 Å². The van der Waals surface area contributed by atoms with Gasteiger partial charge in [0.2, 0.25) is 5.88 Å². The topological polar surface area (TPSA) is 34.2 Å². The number of aromatic nitrogens is 1. The largest absolute Gasteiger partial charge is 0.437 e. The zero-order chi connectivity index (χ0) is 13.8. The molecule has 1 heterocycles. The Morgan fingerprint density at radius 3 is 2.79 bits per heavy atom. The summed E-state index contributed by atoms with van der Waals surface area (Å²) in [4.78, 5) is 4.30. The number of halogens is 2. The molecule has 0 spiro atoms. The Balaban J connectivity index is 2.26. The van der Waals surface area contributed by atoms with Gasteiger partial charge in [-0.3, -0.25) is 0 Å². The summed E-state index contributed by atoms with van der Waals surface area (Å²) in [7, 11) is 1.89. The van der Waals surface area contributed by atoms with E-state index < -0.39 is 0 Å². The Hall–Kier alpha value is -1.29. The van der Waals surface area contributed by atoms with Gasteiger partial charge in [0.25, 0.3) is 0 Å². The van der Waals surface area contributed by atoms with Crippen molar-refractivity contribution in [2.24, 2.45) is 0 Å². The van der Waals surface area contributed by atoms with Crippen LogP contribution in [-0.4, -0.2) is 12.0 Å². The first-order chi connectivity index (χ1) is 9.11. The molecule has 0 aliphatic carbocycles. The molecule has 2 rings (SSSR count). The molecule has 0 aliphatic heterocycles. The first-order valence-corrected chi connectivity index (χ1v) is 6.59. The van der Waals surface area contributed by atoms with Crippen LogP contribution in [-0.2, 0) is 6.54 Å². The SMILES string of the molecule is CNCc1cnc(Oc2cccc(Cl)c2Cl)c(C)c1. The Labute approximate surface area is 122 Å². The molecule has 0 bridgehead atoms. The lowest BCUT2D eigenvalue weighted by molar-refractivity contribution is 0.458. The maximum absolute atomic E-state index is 6.08. The van der Waals surface area contributed by atoms with E-state index in [-0.39, 0.29) is 0 Å². The number of hydrogen-bond donors (Lipinski definition) is 1. The van der Waals surface area contributed by atoms with Crippen LogP contribution in [0.4, 0.5) is 0 Å². The predicted octanol–water partition coefficient (Wildman–Crippen LogP) is 4.21. The van der Waals surface area contributed by atoms with Gasteiger partial charge in [0.05, 0.1) is 5.02 Å². The lowest BCUT2D eigenvalue weighted by Gasteiger charge is -2.10. The minimum absolute atomic E-state index is 0.393. The van der Waals surface area contributed by atoms with Crippen LogP contribution in [0.15, 0.2) is 30.5 Å². The summed E-state index contributed by atoms with van der Waals surface area (Å²) in [5.74, 6) is 1.04. The van der Waals surface area contributed by atoms with E-state index in [2.05, 4.69) is 10.3 Å². The van der Waals surface area contributed by atoms with Crippen molar-refractivity contribution in [2.45, 2.75) is 13.5 Å². The number of nitrogens with zero attached hydrogens (tertiary/aromatic N) is 1. The van der Waals surface area contributed by atoms with Crippen LogP contribution in [0, 0.1) is 6.92 Å². The lowest BCUT2D eigenvalue weighted by atomic mass is 10.2. The fourth-order valence-corrected chi connectivity index (χ4v) is 2.03. The van der Waals surface area contributed by atoms with Gasteiger partial charge in [0.1, 0.15) is 10.8 Å². The first-order valence-electron chi connectivity index (χ1n) is 5.84. The summed E-state index contributed by atoms with van der Waals surface area (Å²) < 4.78 is 5.71. The average Bonchev–Trinajstić information content (AvgIpc) is 2.38. The molecule has 1 N–H and O–H groups in total. The van der Waals surface area contributed by atoms with Gasteiger partial charge in [-0.1, -0.05) is 29.3 Å². The van der Waals surface area contributed by atoms with Crippen molar-refractivity contribution in [2.75, 3.05) is 7.05 Å². The van der Waals surface area contributed by atoms with Gasteiger partial charge in [-0.15, -0.1) is 0 Å². The van der Waals surface area contributed by atoms with E-state index in [1.54, 1.807) is 24.4 Å². The minimum Gasteiger partial charge on any atom is -0.437 e. The van der Waals surface area contributed by atoms with E-state index in [9.17, 15) is 0 Å². The lowest BCUT2D eigenvalue weighted by Crippen LogP contribution is -2.06. The van der Waals surface area contributed by atoms with E-state index in [0.29, 0.717) is 21.7 Å².